The van der Waals surface area contributed by atoms with E-state index >= 15 is 0 Å². The second kappa shape index (κ2) is 8.41. The zero-order valence-electron chi connectivity index (χ0n) is 16.1. The van der Waals surface area contributed by atoms with Gasteiger partial charge in [0, 0.05) is 56.9 Å². The van der Waals surface area contributed by atoms with Gasteiger partial charge in [0.2, 0.25) is 5.91 Å². The van der Waals surface area contributed by atoms with Crippen LogP contribution in [0.4, 0.5) is 10.5 Å². The zero-order valence-corrected chi connectivity index (χ0v) is 16.1. The second-order valence-corrected chi connectivity index (χ2v) is 7.54. The molecule has 7 nitrogen and oxygen atoms in total. The summed E-state index contributed by atoms with van der Waals surface area (Å²) >= 11 is 0. The van der Waals surface area contributed by atoms with Gasteiger partial charge in [-0.25, -0.2) is 4.79 Å². The van der Waals surface area contributed by atoms with Gasteiger partial charge in [-0.15, -0.1) is 0 Å². The van der Waals surface area contributed by atoms with Crippen LogP contribution >= 0.6 is 0 Å². The van der Waals surface area contributed by atoms with Crippen molar-refractivity contribution in [3.05, 3.63) is 29.8 Å². The molecule has 0 aliphatic carbocycles. The van der Waals surface area contributed by atoms with Crippen LogP contribution in [0.1, 0.15) is 37.0 Å². The third-order valence-electron chi connectivity index (χ3n) is 5.12. The second-order valence-electron chi connectivity index (χ2n) is 7.54. The molecule has 1 aromatic carbocycles. The molecule has 0 radical (unpaired) electrons. The number of hydrogen-bond donors (Lipinski definition) is 1. The molecule has 27 heavy (non-hydrogen) atoms. The van der Waals surface area contributed by atoms with Crippen molar-refractivity contribution in [1.29, 1.82) is 0 Å². The molecule has 4 amide bonds. The molecular formula is C20H28N4O3. The number of piperazine rings is 1. The van der Waals surface area contributed by atoms with Crippen molar-refractivity contribution in [1.82, 2.24) is 15.1 Å². The fraction of sp³-hybridized carbons (Fsp3) is 0.550. The fourth-order valence-corrected chi connectivity index (χ4v) is 3.44. The van der Waals surface area contributed by atoms with E-state index in [2.05, 4.69) is 19.2 Å². The summed E-state index contributed by atoms with van der Waals surface area (Å²) in [4.78, 5) is 42.2. The molecule has 3 rings (SSSR count). The Morgan fingerprint density at radius 2 is 1.78 bits per heavy atom. The summed E-state index contributed by atoms with van der Waals surface area (Å²) in [6.45, 7) is 7.69. The van der Waals surface area contributed by atoms with E-state index < -0.39 is 0 Å². The number of anilines is 1. The Labute approximate surface area is 160 Å². The maximum atomic E-state index is 12.8. The number of benzene rings is 1. The molecule has 0 unspecified atom stereocenters. The van der Waals surface area contributed by atoms with Crippen molar-refractivity contribution in [2.24, 2.45) is 5.92 Å². The van der Waals surface area contributed by atoms with Crippen LogP contribution in [0, 0.1) is 5.92 Å². The summed E-state index contributed by atoms with van der Waals surface area (Å²) in [5.41, 5.74) is 1.31. The minimum atomic E-state index is -0.131. The Morgan fingerprint density at radius 3 is 2.41 bits per heavy atom. The van der Waals surface area contributed by atoms with Gasteiger partial charge in [0.05, 0.1) is 0 Å². The summed E-state index contributed by atoms with van der Waals surface area (Å²) in [5, 5.41) is 2.77. The lowest BCUT2D eigenvalue weighted by atomic mass is 10.1. The van der Waals surface area contributed by atoms with Gasteiger partial charge in [0.1, 0.15) is 0 Å². The first-order valence-corrected chi connectivity index (χ1v) is 9.68. The number of hydrogen-bond acceptors (Lipinski definition) is 3. The summed E-state index contributed by atoms with van der Waals surface area (Å²) in [6, 6.07) is 7.06. The molecule has 2 saturated heterocycles. The SMILES string of the molecule is CC(C)CCC(=O)N1CCN(C(=O)c2cccc(N3CCNC3=O)c2)CC1. The number of rotatable bonds is 5. The van der Waals surface area contributed by atoms with Crippen LogP contribution in [0.25, 0.3) is 0 Å². The molecular weight excluding hydrogens is 344 g/mol. The lowest BCUT2D eigenvalue weighted by Gasteiger charge is -2.35. The highest BCUT2D eigenvalue weighted by atomic mass is 16.2. The van der Waals surface area contributed by atoms with Crippen molar-refractivity contribution in [2.45, 2.75) is 26.7 Å². The van der Waals surface area contributed by atoms with Gasteiger partial charge in [-0.3, -0.25) is 14.5 Å². The Bertz CT molecular complexity index is 711. The predicted octanol–water partition coefficient (Wildman–Crippen LogP) is 1.94. The molecule has 0 bridgehead atoms. The Morgan fingerprint density at radius 1 is 1.07 bits per heavy atom. The maximum Gasteiger partial charge on any atom is 0.321 e. The van der Waals surface area contributed by atoms with Crippen molar-refractivity contribution in [3.63, 3.8) is 0 Å². The van der Waals surface area contributed by atoms with E-state index in [4.69, 9.17) is 0 Å². The largest absolute Gasteiger partial charge is 0.339 e. The summed E-state index contributed by atoms with van der Waals surface area (Å²) < 4.78 is 0. The average molecular weight is 372 g/mol. The third-order valence-corrected chi connectivity index (χ3v) is 5.12. The van der Waals surface area contributed by atoms with Crippen LogP contribution in [0.5, 0.6) is 0 Å². The topological polar surface area (TPSA) is 73.0 Å². The Hall–Kier alpha value is -2.57. The quantitative estimate of drug-likeness (QED) is 0.858. The van der Waals surface area contributed by atoms with E-state index in [0.29, 0.717) is 57.2 Å². The molecule has 7 heteroatoms. The minimum Gasteiger partial charge on any atom is -0.339 e. The Balaban J connectivity index is 1.58. The number of carbonyl (C=O) groups excluding carboxylic acids is 3. The number of amides is 4. The van der Waals surface area contributed by atoms with Gasteiger partial charge in [-0.1, -0.05) is 19.9 Å². The normalized spacial score (nSPS) is 17.4. The third kappa shape index (κ3) is 4.59. The highest BCUT2D eigenvalue weighted by molar-refractivity contribution is 5.98. The van der Waals surface area contributed by atoms with Crippen LogP contribution in [-0.4, -0.2) is 66.9 Å². The van der Waals surface area contributed by atoms with E-state index in [-0.39, 0.29) is 17.8 Å². The van der Waals surface area contributed by atoms with E-state index in [1.54, 1.807) is 28.0 Å². The molecule has 0 aromatic heterocycles. The maximum absolute atomic E-state index is 12.8. The molecule has 2 fully saturated rings. The first kappa shape index (κ1) is 19.2. The van der Waals surface area contributed by atoms with E-state index in [1.165, 1.54) is 0 Å². The van der Waals surface area contributed by atoms with E-state index in [1.807, 2.05) is 11.0 Å². The van der Waals surface area contributed by atoms with E-state index in [0.717, 1.165) is 12.1 Å². The van der Waals surface area contributed by atoms with Crippen molar-refractivity contribution < 1.29 is 14.4 Å². The zero-order chi connectivity index (χ0) is 19.4. The number of urea groups is 1. The van der Waals surface area contributed by atoms with Gasteiger partial charge in [0.25, 0.3) is 5.91 Å². The molecule has 1 N–H and O–H groups in total. The number of nitrogens with one attached hydrogen (secondary N) is 1. The van der Waals surface area contributed by atoms with Crippen molar-refractivity contribution in [3.8, 4) is 0 Å². The average Bonchev–Trinajstić information content (AvgIpc) is 3.11. The molecule has 2 heterocycles. The highest BCUT2D eigenvalue weighted by Gasteiger charge is 2.26. The van der Waals surface area contributed by atoms with Crippen LogP contribution in [0.3, 0.4) is 0 Å². The van der Waals surface area contributed by atoms with Crippen LogP contribution in [0.2, 0.25) is 0 Å². The molecule has 0 saturated carbocycles. The van der Waals surface area contributed by atoms with Crippen LogP contribution < -0.4 is 10.2 Å². The fourth-order valence-electron chi connectivity index (χ4n) is 3.44. The molecule has 146 valence electrons. The smallest absolute Gasteiger partial charge is 0.321 e. The molecule has 0 spiro atoms. The molecule has 2 aliphatic rings. The van der Waals surface area contributed by atoms with Crippen LogP contribution in [-0.2, 0) is 4.79 Å². The molecule has 2 aliphatic heterocycles. The van der Waals surface area contributed by atoms with Gasteiger partial charge >= 0.3 is 6.03 Å². The first-order valence-electron chi connectivity index (χ1n) is 9.68. The van der Waals surface area contributed by atoms with Gasteiger partial charge in [-0.2, -0.15) is 0 Å². The standard InChI is InChI=1S/C20H28N4O3/c1-15(2)6-7-18(25)22-10-12-23(13-11-22)19(26)16-4-3-5-17(14-16)24-9-8-21-20(24)27/h3-5,14-15H,6-13H2,1-2H3,(H,21,27). The summed E-state index contributed by atoms with van der Waals surface area (Å²) in [7, 11) is 0. The van der Waals surface area contributed by atoms with Crippen LogP contribution in [0.15, 0.2) is 24.3 Å². The highest BCUT2D eigenvalue weighted by Crippen LogP contribution is 2.20. The number of nitrogens with zero attached hydrogens (tertiary/aromatic N) is 3. The van der Waals surface area contributed by atoms with Crippen molar-refractivity contribution >= 4 is 23.5 Å². The lowest BCUT2D eigenvalue weighted by molar-refractivity contribution is -0.132. The van der Waals surface area contributed by atoms with Gasteiger partial charge < -0.3 is 15.1 Å². The molecule has 0 atom stereocenters. The van der Waals surface area contributed by atoms with E-state index in [9.17, 15) is 14.4 Å². The summed E-state index contributed by atoms with van der Waals surface area (Å²) in [5.74, 6) is 0.644. The van der Waals surface area contributed by atoms with Gasteiger partial charge in [0.15, 0.2) is 0 Å². The summed E-state index contributed by atoms with van der Waals surface area (Å²) in [6.07, 6.45) is 1.47. The molecule has 1 aromatic rings. The lowest BCUT2D eigenvalue weighted by Crippen LogP contribution is -2.50. The monoisotopic (exact) mass is 372 g/mol. The van der Waals surface area contributed by atoms with Crippen molar-refractivity contribution in [2.75, 3.05) is 44.2 Å². The predicted molar refractivity (Wildman–Crippen MR) is 104 cm³/mol. The number of carbonyl (C=O) groups is 3. The first-order chi connectivity index (χ1) is 13.0. The Kier molecular flexibility index (Phi) is 5.98. The minimum absolute atomic E-state index is 0.0502. The van der Waals surface area contributed by atoms with Gasteiger partial charge in [-0.05, 0) is 30.5 Å².